The minimum Gasteiger partial charge on any atom is -0.333 e. The molecule has 1 unspecified atom stereocenters. The Hall–Kier alpha value is -7.15. The van der Waals surface area contributed by atoms with Gasteiger partial charge in [0.2, 0.25) is 0 Å². The number of fused-ring (bicyclic) bond motifs is 9. The van der Waals surface area contributed by atoms with Crippen molar-refractivity contribution in [1.82, 2.24) is 24.1 Å². The molecule has 0 saturated carbocycles. The van der Waals surface area contributed by atoms with Crippen LogP contribution in [0.1, 0.15) is 12.5 Å². The van der Waals surface area contributed by atoms with Crippen LogP contribution >= 0.6 is 11.3 Å². The van der Waals surface area contributed by atoms with Crippen LogP contribution in [0.15, 0.2) is 182 Å². The van der Waals surface area contributed by atoms with Crippen molar-refractivity contribution in [3.63, 3.8) is 0 Å². The van der Waals surface area contributed by atoms with E-state index in [0.717, 1.165) is 34.3 Å². The Labute approximate surface area is 332 Å². The van der Waals surface area contributed by atoms with E-state index in [0.29, 0.717) is 17.5 Å². The number of nitrogens with zero attached hydrogens (tertiary/aromatic N) is 5. The van der Waals surface area contributed by atoms with Gasteiger partial charge in [0.15, 0.2) is 17.5 Å². The van der Waals surface area contributed by atoms with Crippen LogP contribution in [0.2, 0.25) is 0 Å². The van der Waals surface area contributed by atoms with Crippen LogP contribution in [0.5, 0.6) is 0 Å². The van der Waals surface area contributed by atoms with Crippen LogP contribution in [0.3, 0.4) is 0 Å². The molecule has 12 rings (SSSR count). The molecule has 0 radical (unpaired) electrons. The number of hydrogen-bond acceptors (Lipinski definition) is 4. The molecule has 1 aliphatic rings. The molecule has 4 aromatic heterocycles. The van der Waals surface area contributed by atoms with Crippen molar-refractivity contribution in [1.29, 1.82) is 0 Å². The monoisotopic (exact) mass is 747 g/mol. The summed E-state index contributed by atoms with van der Waals surface area (Å²) in [5, 5.41) is 7.44. The first-order chi connectivity index (χ1) is 28.3. The zero-order valence-corrected chi connectivity index (χ0v) is 31.6. The zero-order chi connectivity index (χ0) is 37.5. The van der Waals surface area contributed by atoms with Gasteiger partial charge in [0.1, 0.15) is 0 Å². The van der Waals surface area contributed by atoms with Gasteiger partial charge in [-0.3, -0.25) is 0 Å². The number of benzene rings is 7. The lowest BCUT2D eigenvalue weighted by atomic mass is 10.1. The summed E-state index contributed by atoms with van der Waals surface area (Å²) in [6, 6.07) is 56.6. The minimum atomic E-state index is 0.249. The van der Waals surface area contributed by atoms with Crippen LogP contribution < -0.4 is 0 Å². The second kappa shape index (κ2) is 12.7. The highest BCUT2D eigenvalue weighted by Crippen LogP contribution is 2.45. The average molecular weight is 748 g/mol. The highest BCUT2D eigenvalue weighted by Gasteiger charge is 2.23. The lowest BCUT2D eigenvalue weighted by Crippen LogP contribution is -2.06. The molecule has 0 amide bonds. The lowest BCUT2D eigenvalue weighted by molar-refractivity contribution is 0.648. The second-order valence-electron chi connectivity index (χ2n) is 14.7. The number of allylic oxidation sites excluding steroid dienone is 4. The molecular formula is C51H33N5S. The first-order valence-corrected chi connectivity index (χ1v) is 20.2. The number of rotatable bonds is 5. The molecule has 4 heterocycles. The van der Waals surface area contributed by atoms with Crippen LogP contribution in [0, 0.1) is 0 Å². The van der Waals surface area contributed by atoms with Gasteiger partial charge in [0.25, 0.3) is 0 Å². The summed E-state index contributed by atoms with van der Waals surface area (Å²) in [5.74, 6) is 1.94. The van der Waals surface area contributed by atoms with Crippen molar-refractivity contribution < 1.29 is 0 Å². The van der Waals surface area contributed by atoms with Gasteiger partial charge in [-0.2, -0.15) is 0 Å². The molecular weight excluding hydrogens is 715 g/mol. The topological polar surface area (TPSA) is 48.5 Å². The van der Waals surface area contributed by atoms with E-state index in [2.05, 4.69) is 155 Å². The summed E-state index contributed by atoms with van der Waals surface area (Å²) in [5.41, 5.74) is 8.80. The minimum absolute atomic E-state index is 0.249. The van der Waals surface area contributed by atoms with Gasteiger partial charge >= 0.3 is 0 Å². The molecule has 0 saturated heterocycles. The van der Waals surface area contributed by atoms with E-state index < -0.39 is 0 Å². The number of aromatic nitrogens is 5. The van der Waals surface area contributed by atoms with Crippen LogP contribution in [-0.4, -0.2) is 24.1 Å². The number of hydrogen-bond donors (Lipinski definition) is 0. The largest absolute Gasteiger partial charge is 0.333 e. The van der Waals surface area contributed by atoms with E-state index in [1.807, 2.05) is 47.7 Å². The molecule has 5 nitrogen and oxygen atoms in total. The number of thiophene rings is 1. The predicted octanol–water partition coefficient (Wildman–Crippen LogP) is 13.5. The highest BCUT2D eigenvalue weighted by molar-refractivity contribution is 7.26. The molecule has 1 aliphatic carbocycles. The summed E-state index contributed by atoms with van der Waals surface area (Å²) in [4.78, 5) is 15.4. The molecule has 0 N–H and O–H groups in total. The van der Waals surface area contributed by atoms with Crippen molar-refractivity contribution >= 4 is 75.1 Å². The maximum atomic E-state index is 5.19. The first kappa shape index (κ1) is 32.1. The van der Waals surface area contributed by atoms with Crippen molar-refractivity contribution in [3.05, 3.63) is 182 Å². The van der Waals surface area contributed by atoms with Gasteiger partial charge < -0.3 is 9.13 Å². The molecule has 6 heteroatoms. The summed E-state index contributed by atoms with van der Waals surface area (Å²) < 4.78 is 7.46. The number of para-hydroxylation sites is 2. The predicted molar refractivity (Wildman–Crippen MR) is 238 cm³/mol. The summed E-state index contributed by atoms with van der Waals surface area (Å²) in [7, 11) is 0. The van der Waals surface area contributed by atoms with Crippen LogP contribution in [0.4, 0.5) is 0 Å². The van der Waals surface area contributed by atoms with Gasteiger partial charge in [0.05, 0.1) is 28.3 Å². The van der Waals surface area contributed by atoms with E-state index in [1.54, 1.807) is 0 Å². The Morgan fingerprint density at radius 3 is 1.74 bits per heavy atom. The van der Waals surface area contributed by atoms with Gasteiger partial charge in [-0.05, 0) is 48.9 Å². The molecule has 268 valence electrons. The van der Waals surface area contributed by atoms with E-state index in [1.165, 1.54) is 58.3 Å². The van der Waals surface area contributed by atoms with Gasteiger partial charge in [-0.1, -0.05) is 140 Å². The zero-order valence-electron chi connectivity index (χ0n) is 30.7. The fourth-order valence-electron chi connectivity index (χ4n) is 8.91. The second-order valence-corrected chi connectivity index (χ2v) is 15.8. The molecule has 57 heavy (non-hydrogen) atoms. The molecule has 0 aliphatic heterocycles. The van der Waals surface area contributed by atoms with Gasteiger partial charge in [-0.15, -0.1) is 11.3 Å². The SMILES string of the molecule is C1=CCC(n2c3ccccc3c3cc4c(cc32)c2ccccc2n4-c2cc(-c3nc(-c4ccccc4)nc(-c4ccccc4)n3)cc3sc4ccccc4c23)C=C1. The van der Waals surface area contributed by atoms with Crippen LogP contribution in [-0.2, 0) is 0 Å². The third kappa shape index (κ3) is 5.04. The van der Waals surface area contributed by atoms with Crippen molar-refractivity contribution in [2.24, 2.45) is 0 Å². The quantitative estimate of drug-likeness (QED) is 0.176. The molecule has 7 aromatic carbocycles. The normalized spacial score (nSPS) is 14.3. The Balaban J connectivity index is 1.18. The summed E-state index contributed by atoms with van der Waals surface area (Å²) in [6.45, 7) is 0. The van der Waals surface area contributed by atoms with Gasteiger partial charge in [0, 0.05) is 63.9 Å². The molecule has 11 aromatic rings. The Morgan fingerprint density at radius 2 is 1.04 bits per heavy atom. The molecule has 0 spiro atoms. The summed E-state index contributed by atoms with van der Waals surface area (Å²) in [6.07, 6.45) is 9.91. The molecule has 1 atom stereocenters. The highest BCUT2D eigenvalue weighted by atomic mass is 32.1. The van der Waals surface area contributed by atoms with E-state index >= 15 is 0 Å². The third-order valence-electron chi connectivity index (χ3n) is 11.4. The Kier molecular flexibility index (Phi) is 7.16. The van der Waals surface area contributed by atoms with Gasteiger partial charge in [-0.25, -0.2) is 15.0 Å². The Bertz CT molecular complexity index is 3380. The fourth-order valence-corrected chi connectivity index (χ4v) is 10.1. The average Bonchev–Trinajstić information content (AvgIpc) is 3.93. The van der Waals surface area contributed by atoms with Crippen molar-refractivity contribution in [3.8, 4) is 39.9 Å². The third-order valence-corrected chi connectivity index (χ3v) is 12.6. The fraction of sp³-hybridized carbons (Fsp3) is 0.0392. The van der Waals surface area contributed by atoms with E-state index in [4.69, 9.17) is 15.0 Å². The van der Waals surface area contributed by atoms with Crippen molar-refractivity contribution in [2.45, 2.75) is 12.5 Å². The Morgan fingerprint density at radius 1 is 0.456 bits per heavy atom. The standard InChI is InChI=1S/C51H33N5S/c1-4-16-32(17-5-1)49-52-50(33-18-6-2-7-19-33)54-51(53-49)34-28-45(48-38-24-12-15-27-46(38)57-47(48)29-34)56-42-26-14-11-23-37(42)40-30-43-39(31-44(40)56)36-22-10-13-25-41(36)55(43)35-20-8-3-9-21-35/h1-20,22-31,35H,21H2. The smallest absolute Gasteiger partial charge is 0.164 e. The maximum absolute atomic E-state index is 5.19. The molecule has 0 fully saturated rings. The summed E-state index contributed by atoms with van der Waals surface area (Å²) >= 11 is 1.82. The maximum Gasteiger partial charge on any atom is 0.164 e. The van der Waals surface area contributed by atoms with Crippen molar-refractivity contribution in [2.75, 3.05) is 0 Å². The van der Waals surface area contributed by atoms with E-state index in [9.17, 15) is 0 Å². The molecule has 0 bridgehead atoms. The van der Waals surface area contributed by atoms with Crippen LogP contribution in [0.25, 0.3) is 104 Å². The first-order valence-electron chi connectivity index (χ1n) is 19.4. The van der Waals surface area contributed by atoms with E-state index in [-0.39, 0.29) is 6.04 Å². The lowest BCUT2D eigenvalue weighted by Gasteiger charge is -2.18.